The van der Waals surface area contributed by atoms with E-state index < -0.39 is 22.3 Å². The Morgan fingerprint density at radius 2 is 1.33 bits per heavy atom. The van der Waals surface area contributed by atoms with Crippen LogP contribution in [0.4, 0.5) is 43.3 Å². The number of aliphatic imine (C=N–C) groups is 1. The number of aliphatic hydroxyl groups excluding tert-OH is 1. The second-order valence-electron chi connectivity index (χ2n) is 15.9. The summed E-state index contributed by atoms with van der Waals surface area (Å²) in [5.74, 6) is 1.39. The molecule has 1 atom stereocenters. The third-order valence-electron chi connectivity index (χ3n) is 10.3. The number of nitrogens with zero attached hydrogens (tertiary/aromatic N) is 3. The third kappa shape index (κ3) is 10.8. The molecule has 0 spiro atoms. The van der Waals surface area contributed by atoms with E-state index in [0.29, 0.717) is 78.8 Å². The Labute approximate surface area is 374 Å². The molecule has 4 heterocycles. The maximum absolute atomic E-state index is 14.5. The lowest BCUT2D eigenvalue weighted by molar-refractivity contribution is -0.148. The highest BCUT2D eigenvalue weighted by molar-refractivity contribution is 6.25. The van der Waals surface area contributed by atoms with Crippen LogP contribution in [0.1, 0.15) is 45.7 Å². The van der Waals surface area contributed by atoms with Crippen molar-refractivity contribution in [2.24, 2.45) is 4.99 Å². The van der Waals surface area contributed by atoms with Gasteiger partial charge in [-0.3, -0.25) is 4.79 Å². The molecule has 3 aliphatic heterocycles. The molecule has 0 fully saturated rings. The molecule has 0 bridgehead atoms. The number of hydrogen-bond acceptors (Lipinski definition) is 15. The van der Waals surface area contributed by atoms with E-state index in [1.54, 1.807) is 75.4 Å². The highest BCUT2D eigenvalue weighted by atomic mass is 35.5. The first-order valence-corrected chi connectivity index (χ1v) is 20.8. The largest absolute Gasteiger partial charge is 0.486 e. The fourth-order valence-electron chi connectivity index (χ4n) is 6.48. The summed E-state index contributed by atoms with van der Waals surface area (Å²) in [6.45, 7) is 11.6. The van der Waals surface area contributed by atoms with Crippen LogP contribution in [0.15, 0.2) is 108 Å². The number of benzene rings is 4. The molecule has 0 saturated carbocycles. The summed E-state index contributed by atoms with van der Waals surface area (Å²) >= 11 is 6.58. The summed E-state index contributed by atoms with van der Waals surface area (Å²) in [5.41, 5.74) is 3.18. The summed E-state index contributed by atoms with van der Waals surface area (Å²) in [4.78, 5) is 24.6. The molecule has 6 N–H and O–H groups in total. The SMILES string of the molecule is CC(C)(CO)c1ccc(Nc2nc(Nc3ccc4c(c3)OCCO4)ncc2F)cc1.CCOC(=O)C(C)(C)c1ccc(NC2=C(F)C=NC(Cl)(Nc3ccc4c(c3)OCCO4)N2)cc1. The van der Waals surface area contributed by atoms with E-state index in [1.807, 2.05) is 44.2 Å². The van der Waals surface area contributed by atoms with Crippen molar-refractivity contribution in [3.63, 3.8) is 0 Å². The number of ether oxygens (including phenoxy) is 5. The van der Waals surface area contributed by atoms with Crippen LogP contribution in [0.25, 0.3) is 0 Å². The van der Waals surface area contributed by atoms with Gasteiger partial charge >= 0.3 is 5.97 Å². The monoisotopic (exact) mass is 898 g/mol. The lowest BCUT2D eigenvalue weighted by Gasteiger charge is -2.31. The molecule has 1 aromatic heterocycles. The van der Waals surface area contributed by atoms with Gasteiger partial charge in [-0.15, -0.1) is 0 Å². The van der Waals surface area contributed by atoms with E-state index >= 15 is 0 Å². The quantitative estimate of drug-likeness (QED) is 0.0375. The molecule has 0 aliphatic carbocycles. The predicted octanol–water partition coefficient (Wildman–Crippen LogP) is 8.63. The lowest BCUT2D eigenvalue weighted by atomic mass is 9.84. The Balaban J connectivity index is 0.000000193. The summed E-state index contributed by atoms with van der Waals surface area (Å²) in [6.07, 6.45) is 2.15. The number of carbonyl (C=O) groups is 1. The number of nitrogens with one attached hydrogen (secondary N) is 5. The zero-order valence-electron chi connectivity index (χ0n) is 35.9. The van der Waals surface area contributed by atoms with Gasteiger partial charge in [-0.25, -0.2) is 18.8 Å². The molecule has 64 heavy (non-hydrogen) atoms. The number of hydrogen-bond donors (Lipinski definition) is 6. The predicted molar refractivity (Wildman–Crippen MR) is 242 cm³/mol. The first-order valence-electron chi connectivity index (χ1n) is 20.5. The number of anilines is 6. The van der Waals surface area contributed by atoms with Crippen molar-refractivity contribution >= 4 is 58.3 Å². The number of aliphatic hydroxyl groups is 1. The van der Waals surface area contributed by atoms with Crippen molar-refractivity contribution < 1.29 is 42.4 Å². The Kier molecular flexibility index (Phi) is 13.6. The number of fused-ring (bicyclic) bond motifs is 2. The molecule has 15 nitrogen and oxygen atoms in total. The summed E-state index contributed by atoms with van der Waals surface area (Å²) < 4.78 is 56.1. The maximum Gasteiger partial charge on any atom is 0.315 e. The van der Waals surface area contributed by atoms with Gasteiger partial charge in [0.2, 0.25) is 5.95 Å². The van der Waals surface area contributed by atoms with Crippen molar-refractivity contribution in [1.82, 2.24) is 15.3 Å². The average Bonchev–Trinajstić information content (AvgIpc) is 3.29. The minimum absolute atomic E-state index is 0.0347. The van der Waals surface area contributed by atoms with Crippen LogP contribution in [0.2, 0.25) is 0 Å². The number of allylic oxidation sites excluding steroid dienone is 1. The second kappa shape index (κ2) is 19.3. The van der Waals surface area contributed by atoms with Crippen LogP contribution >= 0.6 is 11.6 Å². The zero-order valence-corrected chi connectivity index (χ0v) is 36.6. The van der Waals surface area contributed by atoms with Gasteiger partial charge in [0.25, 0.3) is 5.25 Å². The minimum atomic E-state index is -1.53. The number of rotatable bonds is 13. The first-order chi connectivity index (χ1) is 30.6. The van der Waals surface area contributed by atoms with E-state index in [0.717, 1.165) is 23.5 Å². The number of carbonyl (C=O) groups excluding carboxylic acids is 1. The van der Waals surface area contributed by atoms with Crippen molar-refractivity contribution in [3.05, 3.63) is 120 Å². The number of esters is 1. The number of alkyl halides is 1. The zero-order chi connectivity index (χ0) is 45.5. The second-order valence-corrected chi connectivity index (χ2v) is 16.4. The number of aromatic nitrogens is 2. The molecule has 5 aromatic rings. The fourth-order valence-corrected chi connectivity index (χ4v) is 6.73. The van der Waals surface area contributed by atoms with Crippen molar-refractivity contribution in [1.29, 1.82) is 0 Å². The standard InChI is InChI=1S/C24H26ClFN4O4.C22H23FN4O3/c1-4-32-22(31)23(2,3)15-5-7-16(8-6-15)28-21-18(26)14-27-24(25,30-21)29-17-9-10-19-20(13-17)34-12-11-33-19;1-22(2,13-28)14-3-5-15(6-4-14)25-20-17(23)12-24-21(27-20)26-16-7-8-18-19(11-16)30-10-9-29-18/h5-10,13-14,28-30H,4,11-12H2,1-3H3;3-8,11-12,28H,9-10,13H2,1-2H3,(H2,24,25,26,27). The summed E-state index contributed by atoms with van der Waals surface area (Å²) in [6, 6.07) is 25.2. The third-order valence-corrected chi connectivity index (χ3v) is 10.6. The van der Waals surface area contributed by atoms with Crippen LogP contribution in [-0.4, -0.2) is 72.1 Å². The van der Waals surface area contributed by atoms with Crippen molar-refractivity contribution in [3.8, 4) is 23.0 Å². The van der Waals surface area contributed by atoms with Crippen LogP contribution in [0.5, 0.6) is 23.0 Å². The van der Waals surface area contributed by atoms with E-state index in [4.69, 9.17) is 35.3 Å². The van der Waals surface area contributed by atoms with Crippen molar-refractivity contribution in [2.45, 2.75) is 50.7 Å². The molecular weight excluding hydrogens is 850 g/mol. The van der Waals surface area contributed by atoms with E-state index in [2.05, 4.69) is 41.5 Å². The number of halogens is 3. The van der Waals surface area contributed by atoms with E-state index in [-0.39, 0.29) is 35.6 Å². The summed E-state index contributed by atoms with van der Waals surface area (Å²) in [5, 5.41) is 22.8. The van der Waals surface area contributed by atoms with Crippen LogP contribution < -0.4 is 45.5 Å². The smallest absolute Gasteiger partial charge is 0.315 e. The average molecular weight is 899 g/mol. The normalized spacial score (nSPS) is 16.4. The highest BCUT2D eigenvalue weighted by Crippen LogP contribution is 2.36. The van der Waals surface area contributed by atoms with E-state index in [9.17, 15) is 18.7 Å². The molecule has 4 aromatic carbocycles. The van der Waals surface area contributed by atoms with E-state index in [1.165, 1.54) is 0 Å². The molecule has 1 unspecified atom stereocenters. The molecule has 8 rings (SSSR count). The van der Waals surface area contributed by atoms with Crippen LogP contribution in [0.3, 0.4) is 0 Å². The van der Waals surface area contributed by atoms with Gasteiger partial charge < -0.3 is 55.4 Å². The molecule has 0 saturated heterocycles. The Morgan fingerprint density at radius 3 is 1.94 bits per heavy atom. The van der Waals surface area contributed by atoms with Gasteiger partial charge in [0.1, 0.15) is 32.2 Å². The van der Waals surface area contributed by atoms with Gasteiger partial charge in [0.05, 0.1) is 31.0 Å². The Hall–Kier alpha value is -6.85. The maximum atomic E-state index is 14.5. The summed E-state index contributed by atoms with van der Waals surface area (Å²) in [7, 11) is 0. The van der Waals surface area contributed by atoms with Gasteiger partial charge in [0, 0.05) is 40.3 Å². The van der Waals surface area contributed by atoms with Crippen LogP contribution in [-0.2, 0) is 20.4 Å². The van der Waals surface area contributed by atoms with Crippen molar-refractivity contribution in [2.75, 3.05) is 60.9 Å². The molecule has 3 aliphatic rings. The molecule has 0 radical (unpaired) electrons. The topological polar surface area (TPSA) is 182 Å². The minimum Gasteiger partial charge on any atom is -0.486 e. The van der Waals surface area contributed by atoms with Gasteiger partial charge in [-0.2, -0.15) is 4.98 Å². The highest BCUT2D eigenvalue weighted by Gasteiger charge is 2.33. The van der Waals surface area contributed by atoms with Gasteiger partial charge in [-0.1, -0.05) is 38.1 Å². The Bertz CT molecular complexity index is 2530. The molecular formula is C46H49ClF2N8O7. The first kappa shape index (κ1) is 45.2. The van der Waals surface area contributed by atoms with Crippen LogP contribution in [0, 0.1) is 5.82 Å². The molecule has 0 amide bonds. The molecule has 18 heteroatoms. The van der Waals surface area contributed by atoms with Gasteiger partial charge in [0.15, 0.2) is 40.5 Å². The fraction of sp³-hybridized carbons (Fsp3) is 0.304. The molecule has 336 valence electrons. The lowest BCUT2D eigenvalue weighted by Crippen LogP contribution is -2.48. The Morgan fingerprint density at radius 1 is 0.781 bits per heavy atom. The van der Waals surface area contributed by atoms with Gasteiger partial charge in [-0.05, 0) is 92.0 Å².